The van der Waals surface area contributed by atoms with Gasteiger partial charge in [-0.1, -0.05) is 42.0 Å². The molecule has 0 aliphatic rings. The predicted molar refractivity (Wildman–Crippen MR) is 82.0 cm³/mol. The molecular weight excluding hydrogens is 278 g/mol. The van der Waals surface area contributed by atoms with Gasteiger partial charge >= 0.3 is 0 Å². The Morgan fingerprint density at radius 3 is 2.89 bits per heavy atom. The zero-order chi connectivity index (χ0) is 13.7. The maximum atomic E-state index is 6.14. The molecule has 0 radical (unpaired) electrons. The van der Waals surface area contributed by atoms with Crippen LogP contribution in [0.15, 0.2) is 18.2 Å². The summed E-state index contributed by atoms with van der Waals surface area (Å²) in [6, 6.07) is 6.02. The summed E-state index contributed by atoms with van der Waals surface area (Å²) in [5, 5.41) is 14.6. The van der Waals surface area contributed by atoms with Crippen LogP contribution in [0.3, 0.4) is 0 Å². The summed E-state index contributed by atoms with van der Waals surface area (Å²) in [6.07, 6.45) is 2.07. The van der Waals surface area contributed by atoms with Crippen LogP contribution >= 0.6 is 22.9 Å². The normalized spacial score (nSPS) is 10.9. The molecule has 0 unspecified atom stereocenters. The molecule has 5 heteroatoms. The van der Waals surface area contributed by atoms with Crippen molar-refractivity contribution < 1.29 is 0 Å². The monoisotopic (exact) mass is 295 g/mol. The number of aryl methyl sites for hydroxylation is 2. The molecule has 19 heavy (non-hydrogen) atoms. The van der Waals surface area contributed by atoms with Crippen LogP contribution in [0.4, 0.5) is 0 Å². The fourth-order valence-electron chi connectivity index (χ4n) is 1.74. The van der Waals surface area contributed by atoms with Gasteiger partial charge in [0.25, 0.3) is 0 Å². The fourth-order valence-corrected chi connectivity index (χ4v) is 2.80. The van der Waals surface area contributed by atoms with E-state index in [1.54, 1.807) is 11.3 Å². The van der Waals surface area contributed by atoms with Crippen LogP contribution in [0.25, 0.3) is 10.6 Å². The molecule has 2 aromatic rings. The largest absolute Gasteiger partial charge is 0.317 e. The fraction of sp³-hybridized carbons (Fsp3) is 0.429. The third kappa shape index (κ3) is 4.00. The Kier molecular flexibility index (Phi) is 5.31. The van der Waals surface area contributed by atoms with E-state index in [9.17, 15) is 0 Å². The van der Waals surface area contributed by atoms with Crippen LogP contribution in [-0.2, 0) is 6.42 Å². The predicted octanol–water partition coefficient (Wildman–Crippen LogP) is 3.71. The summed E-state index contributed by atoms with van der Waals surface area (Å²) in [6.45, 7) is 6.16. The van der Waals surface area contributed by atoms with Crippen LogP contribution < -0.4 is 5.32 Å². The molecule has 0 fully saturated rings. The first-order valence-electron chi connectivity index (χ1n) is 6.50. The summed E-state index contributed by atoms with van der Waals surface area (Å²) in [5.74, 6) is 0. The first-order chi connectivity index (χ1) is 9.20. The smallest absolute Gasteiger partial charge is 0.147 e. The molecule has 0 saturated heterocycles. The molecule has 0 aliphatic heterocycles. The van der Waals surface area contributed by atoms with E-state index < -0.39 is 0 Å². The standard InChI is InChI=1S/C14H18ClN3S/c1-3-16-8-4-5-13-17-18-14(19-13)11-7-6-10(2)12(15)9-11/h6-7,9,16H,3-5,8H2,1-2H3. The van der Waals surface area contributed by atoms with Crippen molar-refractivity contribution in [1.29, 1.82) is 0 Å². The average molecular weight is 296 g/mol. The van der Waals surface area contributed by atoms with Crippen LogP contribution in [0.2, 0.25) is 5.02 Å². The second kappa shape index (κ2) is 6.98. The van der Waals surface area contributed by atoms with Gasteiger partial charge in [0, 0.05) is 17.0 Å². The molecule has 1 aromatic carbocycles. The number of aromatic nitrogens is 2. The molecule has 0 saturated carbocycles. The Morgan fingerprint density at radius 1 is 1.32 bits per heavy atom. The van der Waals surface area contributed by atoms with Crippen molar-refractivity contribution >= 4 is 22.9 Å². The molecule has 0 atom stereocenters. The second-order valence-corrected chi connectivity index (χ2v) is 5.89. The lowest BCUT2D eigenvalue weighted by Crippen LogP contribution is -2.14. The zero-order valence-electron chi connectivity index (χ0n) is 11.2. The Bertz CT molecular complexity index is 539. The van der Waals surface area contributed by atoms with E-state index in [0.29, 0.717) is 0 Å². The van der Waals surface area contributed by atoms with Gasteiger partial charge in [-0.25, -0.2) is 0 Å². The highest BCUT2D eigenvalue weighted by molar-refractivity contribution is 7.14. The van der Waals surface area contributed by atoms with Crippen LogP contribution in [0.5, 0.6) is 0 Å². The van der Waals surface area contributed by atoms with Gasteiger partial charge in [0.05, 0.1) is 0 Å². The summed E-state index contributed by atoms with van der Waals surface area (Å²) in [5.41, 5.74) is 2.13. The van der Waals surface area contributed by atoms with E-state index in [4.69, 9.17) is 11.6 Å². The maximum absolute atomic E-state index is 6.14. The maximum Gasteiger partial charge on any atom is 0.147 e. The SMILES string of the molecule is CCNCCCc1nnc(-c2ccc(C)c(Cl)c2)s1. The zero-order valence-corrected chi connectivity index (χ0v) is 12.8. The molecule has 0 spiro atoms. The Balaban J connectivity index is 2.01. The lowest BCUT2D eigenvalue weighted by molar-refractivity contribution is 0.669. The number of halogens is 1. The van der Waals surface area contributed by atoms with E-state index in [1.165, 1.54) is 0 Å². The van der Waals surface area contributed by atoms with Gasteiger partial charge in [0.2, 0.25) is 0 Å². The van der Waals surface area contributed by atoms with Crippen molar-refractivity contribution in [2.45, 2.75) is 26.7 Å². The van der Waals surface area contributed by atoms with Crippen molar-refractivity contribution in [2.24, 2.45) is 0 Å². The van der Waals surface area contributed by atoms with E-state index in [0.717, 1.165) is 52.1 Å². The van der Waals surface area contributed by atoms with E-state index in [2.05, 4.69) is 22.4 Å². The quantitative estimate of drug-likeness (QED) is 0.826. The molecule has 2 rings (SSSR count). The summed E-state index contributed by atoms with van der Waals surface area (Å²) < 4.78 is 0. The first-order valence-corrected chi connectivity index (χ1v) is 7.69. The molecule has 0 aliphatic carbocycles. The van der Waals surface area contributed by atoms with Gasteiger partial charge in [-0.05, 0) is 38.1 Å². The highest BCUT2D eigenvalue weighted by Crippen LogP contribution is 2.27. The van der Waals surface area contributed by atoms with Crippen molar-refractivity contribution in [3.63, 3.8) is 0 Å². The van der Waals surface area contributed by atoms with Crippen LogP contribution in [-0.4, -0.2) is 23.3 Å². The molecule has 1 N–H and O–H groups in total. The highest BCUT2D eigenvalue weighted by atomic mass is 35.5. The number of nitrogens with one attached hydrogen (secondary N) is 1. The molecule has 1 heterocycles. The topological polar surface area (TPSA) is 37.8 Å². The molecule has 0 bridgehead atoms. The number of hydrogen-bond donors (Lipinski definition) is 1. The van der Waals surface area contributed by atoms with Gasteiger partial charge in [-0.3, -0.25) is 0 Å². The van der Waals surface area contributed by atoms with E-state index >= 15 is 0 Å². The Hall–Kier alpha value is -0.970. The summed E-state index contributed by atoms with van der Waals surface area (Å²) in [4.78, 5) is 0. The molecule has 1 aromatic heterocycles. The van der Waals surface area contributed by atoms with E-state index in [-0.39, 0.29) is 0 Å². The van der Waals surface area contributed by atoms with Crippen LogP contribution in [0, 0.1) is 6.92 Å². The molecular formula is C14H18ClN3S. The number of hydrogen-bond acceptors (Lipinski definition) is 4. The van der Waals surface area contributed by atoms with Crippen molar-refractivity contribution in [2.75, 3.05) is 13.1 Å². The van der Waals surface area contributed by atoms with Crippen LogP contribution in [0.1, 0.15) is 23.9 Å². The van der Waals surface area contributed by atoms with Crippen molar-refractivity contribution in [3.8, 4) is 10.6 Å². The van der Waals surface area contributed by atoms with Gasteiger partial charge in [0.1, 0.15) is 10.0 Å². The van der Waals surface area contributed by atoms with E-state index in [1.807, 2.05) is 25.1 Å². The number of benzene rings is 1. The third-order valence-corrected chi connectivity index (χ3v) is 4.32. The van der Waals surface area contributed by atoms with Gasteiger partial charge in [-0.15, -0.1) is 10.2 Å². The highest BCUT2D eigenvalue weighted by Gasteiger charge is 2.07. The lowest BCUT2D eigenvalue weighted by atomic mass is 10.2. The third-order valence-electron chi connectivity index (χ3n) is 2.88. The minimum Gasteiger partial charge on any atom is -0.317 e. The lowest BCUT2D eigenvalue weighted by Gasteiger charge is -1.99. The summed E-state index contributed by atoms with van der Waals surface area (Å²) in [7, 11) is 0. The van der Waals surface area contributed by atoms with Crippen molar-refractivity contribution in [3.05, 3.63) is 33.8 Å². The number of nitrogens with zero attached hydrogens (tertiary/aromatic N) is 2. The van der Waals surface area contributed by atoms with Crippen molar-refractivity contribution in [1.82, 2.24) is 15.5 Å². The second-order valence-electron chi connectivity index (χ2n) is 4.42. The van der Waals surface area contributed by atoms with Gasteiger partial charge < -0.3 is 5.32 Å². The minimum atomic E-state index is 0.779. The van der Waals surface area contributed by atoms with Gasteiger partial charge in [-0.2, -0.15) is 0 Å². The Labute approximate surface area is 123 Å². The molecule has 3 nitrogen and oxygen atoms in total. The first kappa shape index (κ1) is 14.4. The molecule has 102 valence electrons. The molecule has 0 amide bonds. The minimum absolute atomic E-state index is 0.779. The average Bonchev–Trinajstić information content (AvgIpc) is 2.87. The Morgan fingerprint density at radius 2 is 2.16 bits per heavy atom. The number of rotatable bonds is 6. The summed E-state index contributed by atoms with van der Waals surface area (Å²) >= 11 is 7.79. The van der Waals surface area contributed by atoms with Gasteiger partial charge in [0.15, 0.2) is 0 Å².